The number of furan rings is 1. The van der Waals surface area contributed by atoms with Crippen molar-refractivity contribution in [2.75, 3.05) is 4.90 Å². The lowest BCUT2D eigenvalue weighted by Crippen LogP contribution is -2.28. The highest BCUT2D eigenvalue weighted by atomic mass is 16.3. The van der Waals surface area contributed by atoms with Crippen molar-refractivity contribution in [3.8, 4) is 0 Å². The summed E-state index contributed by atoms with van der Waals surface area (Å²) >= 11 is 0. The molecule has 1 amide bonds. The molecule has 3 aromatic rings. The van der Waals surface area contributed by atoms with Crippen LogP contribution in [0.25, 0.3) is 6.08 Å². The summed E-state index contributed by atoms with van der Waals surface area (Å²) in [4.78, 5) is 14.4. The van der Waals surface area contributed by atoms with Crippen LogP contribution in [0, 0.1) is 6.92 Å². The van der Waals surface area contributed by atoms with Crippen LogP contribution in [0.5, 0.6) is 0 Å². The Morgan fingerprint density at radius 3 is 2.71 bits per heavy atom. The Morgan fingerprint density at radius 2 is 2.08 bits per heavy atom. The standard InChI is InChI=1S/C19H19N3O2/c1-15-5-8-17(9-6-15)22(14-18-4-3-11-24-18)19(23)10-7-16-12-20-21(2)13-16/h3-13H,14H2,1-2H3. The van der Waals surface area contributed by atoms with Gasteiger partial charge in [-0.15, -0.1) is 0 Å². The van der Waals surface area contributed by atoms with E-state index in [1.54, 1.807) is 34.2 Å². The molecule has 24 heavy (non-hydrogen) atoms. The molecule has 122 valence electrons. The van der Waals surface area contributed by atoms with Crippen molar-refractivity contribution in [1.29, 1.82) is 0 Å². The Balaban J connectivity index is 1.84. The summed E-state index contributed by atoms with van der Waals surface area (Å²) in [6, 6.07) is 11.5. The van der Waals surface area contributed by atoms with Gasteiger partial charge in [-0.2, -0.15) is 5.10 Å². The molecule has 0 spiro atoms. The molecule has 2 aromatic heterocycles. The predicted molar refractivity (Wildman–Crippen MR) is 93.3 cm³/mol. The lowest BCUT2D eigenvalue weighted by atomic mass is 10.2. The third kappa shape index (κ3) is 3.81. The number of rotatable bonds is 5. The van der Waals surface area contributed by atoms with Crippen LogP contribution in [0.4, 0.5) is 5.69 Å². The third-order valence-corrected chi connectivity index (χ3v) is 3.65. The number of benzene rings is 1. The van der Waals surface area contributed by atoms with Crippen LogP contribution in [-0.4, -0.2) is 15.7 Å². The fraction of sp³-hybridized carbons (Fsp3) is 0.158. The SMILES string of the molecule is Cc1ccc(N(Cc2ccco2)C(=O)C=Cc2cnn(C)c2)cc1. The summed E-state index contributed by atoms with van der Waals surface area (Å²) in [6.45, 7) is 2.40. The molecule has 0 bridgehead atoms. The summed E-state index contributed by atoms with van der Waals surface area (Å²) in [5.41, 5.74) is 2.86. The van der Waals surface area contributed by atoms with Gasteiger partial charge in [0, 0.05) is 30.6 Å². The van der Waals surface area contributed by atoms with E-state index in [4.69, 9.17) is 4.42 Å². The average Bonchev–Trinajstić information content (AvgIpc) is 3.23. The van der Waals surface area contributed by atoms with E-state index < -0.39 is 0 Å². The number of hydrogen-bond donors (Lipinski definition) is 0. The minimum absolute atomic E-state index is 0.112. The predicted octanol–water partition coefficient (Wildman–Crippen LogP) is 3.57. The number of carbonyl (C=O) groups is 1. The van der Waals surface area contributed by atoms with Crippen molar-refractivity contribution in [3.63, 3.8) is 0 Å². The molecule has 2 heterocycles. The molecule has 0 saturated carbocycles. The molecule has 0 fully saturated rings. The van der Waals surface area contributed by atoms with Crippen LogP contribution < -0.4 is 4.90 Å². The zero-order valence-corrected chi connectivity index (χ0v) is 13.7. The van der Waals surface area contributed by atoms with Gasteiger partial charge in [-0.3, -0.25) is 9.48 Å². The normalized spacial score (nSPS) is 11.1. The van der Waals surface area contributed by atoms with E-state index in [1.165, 1.54) is 0 Å². The Morgan fingerprint density at radius 1 is 1.29 bits per heavy atom. The Bertz CT molecular complexity index is 830. The second-order valence-electron chi connectivity index (χ2n) is 5.62. The topological polar surface area (TPSA) is 51.3 Å². The fourth-order valence-corrected chi connectivity index (χ4v) is 2.36. The van der Waals surface area contributed by atoms with Gasteiger partial charge in [-0.25, -0.2) is 0 Å². The van der Waals surface area contributed by atoms with Gasteiger partial charge >= 0.3 is 0 Å². The number of hydrogen-bond acceptors (Lipinski definition) is 3. The maximum absolute atomic E-state index is 12.7. The maximum atomic E-state index is 12.7. The van der Waals surface area contributed by atoms with Crippen molar-refractivity contribution in [2.24, 2.45) is 7.05 Å². The monoisotopic (exact) mass is 321 g/mol. The number of anilines is 1. The van der Waals surface area contributed by atoms with Crippen LogP contribution >= 0.6 is 0 Å². The van der Waals surface area contributed by atoms with E-state index in [2.05, 4.69) is 5.10 Å². The molecule has 0 aliphatic rings. The second-order valence-corrected chi connectivity index (χ2v) is 5.62. The maximum Gasteiger partial charge on any atom is 0.251 e. The van der Waals surface area contributed by atoms with Gasteiger partial charge in [0.15, 0.2) is 0 Å². The average molecular weight is 321 g/mol. The summed E-state index contributed by atoms with van der Waals surface area (Å²) in [5, 5.41) is 4.09. The highest BCUT2D eigenvalue weighted by Gasteiger charge is 2.15. The first-order valence-electron chi connectivity index (χ1n) is 7.69. The molecule has 0 aliphatic carbocycles. The van der Waals surface area contributed by atoms with Gasteiger partial charge in [-0.05, 0) is 37.3 Å². The van der Waals surface area contributed by atoms with Crippen LogP contribution in [0.2, 0.25) is 0 Å². The zero-order chi connectivity index (χ0) is 16.9. The van der Waals surface area contributed by atoms with Gasteiger partial charge in [0.25, 0.3) is 5.91 Å². The van der Waals surface area contributed by atoms with Crippen LogP contribution in [-0.2, 0) is 18.4 Å². The molecule has 0 N–H and O–H groups in total. The lowest BCUT2D eigenvalue weighted by Gasteiger charge is -2.20. The second kappa shape index (κ2) is 7.00. The minimum atomic E-state index is -0.112. The van der Waals surface area contributed by atoms with E-state index >= 15 is 0 Å². The van der Waals surface area contributed by atoms with E-state index in [-0.39, 0.29) is 5.91 Å². The lowest BCUT2D eigenvalue weighted by molar-refractivity contribution is -0.114. The van der Waals surface area contributed by atoms with Gasteiger partial charge in [-0.1, -0.05) is 17.7 Å². The number of aromatic nitrogens is 2. The van der Waals surface area contributed by atoms with E-state index in [9.17, 15) is 4.79 Å². The van der Waals surface area contributed by atoms with Crippen LogP contribution in [0.15, 0.2) is 65.5 Å². The van der Waals surface area contributed by atoms with Gasteiger partial charge in [0.2, 0.25) is 0 Å². The Labute approximate surface area is 140 Å². The quantitative estimate of drug-likeness (QED) is 0.675. The van der Waals surface area contributed by atoms with Crippen LogP contribution in [0.3, 0.4) is 0 Å². The van der Waals surface area contributed by atoms with Crippen molar-refractivity contribution >= 4 is 17.7 Å². The summed E-state index contributed by atoms with van der Waals surface area (Å²) in [6.07, 6.45) is 8.50. The molecule has 0 saturated heterocycles. The first kappa shape index (κ1) is 15.8. The molecular weight excluding hydrogens is 302 g/mol. The highest BCUT2D eigenvalue weighted by molar-refractivity contribution is 6.03. The molecule has 5 nitrogen and oxygen atoms in total. The van der Waals surface area contributed by atoms with Crippen molar-refractivity contribution in [2.45, 2.75) is 13.5 Å². The number of amides is 1. The molecule has 3 rings (SSSR count). The summed E-state index contributed by atoms with van der Waals surface area (Å²) in [7, 11) is 1.84. The zero-order valence-electron chi connectivity index (χ0n) is 13.7. The minimum Gasteiger partial charge on any atom is -0.467 e. The number of carbonyl (C=O) groups excluding carboxylic acids is 1. The van der Waals surface area contributed by atoms with Crippen molar-refractivity contribution in [1.82, 2.24) is 9.78 Å². The largest absolute Gasteiger partial charge is 0.467 e. The molecule has 0 aliphatic heterocycles. The van der Waals surface area contributed by atoms with Gasteiger partial charge < -0.3 is 9.32 Å². The van der Waals surface area contributed by atoms with E-state index in [0.29, 0.717) is 6.54 Å². The van der Waals surface area contributed by atoms with Gasteiger partial charge in [0.1, 0.15) is 5.76 Å². The number of nitrogens with zero attached hydrogens (tertiary/aromatic N) is 3. The van der Waals surface area contributed by atoms with Crippen LogP contribution in [0.1, 0.15) is 16.9 Å². The number of aryl methyl sites for hydroxylation is 2. The Kier molecular flexibility index (Phi) is 4.61. The first-order chi connectivity index (χ1) is 11.6. The summed E-state index contributed by atoms with van der Waals surface area (Å²) in [5.74, 6) is 0.623. The van der Waals surface area contributed by atoms with Gasteiger partial charge in [0.05, 0.1) is 19.0 Å². The highest BCUT2D eigenvalue weighted by Crippen LogP contribution is 2.19. The molecule has 0 atom stereocenters. The summed E-state index contributed by atoms with van der Waals surface area (Å²) < 4.78 is 7.09. The molecule has 0 unspecified atom stereocenters. The third-order valence-electron chi connectivity index (χ3n) is 3.65. The van der Waals surface area contributed by atoms with E-state index in [0.717, 1.165) is 22.6 Å². The molecule has 1 aromatic carbocycles. The molecule has 0 radical (unpaired) electrons. The molecular formula is C19H19N3O2. The molecule has 5 heteroatoms. The fourth-order valence-electron chi connectivity index (χ4n) is 2.36. The first-order valence-corrected chi connectivity index (χ1v) is 7.69. The Hall–Kier alpha value is -3.08. The smallest absolute Gasteiger partial charge is 0.251 e. The van der Waals surface area contributed by atoms with E-state index in [1.807, 2.05) is 56.6 Å². The van der Waals surface area contributed by atoms with Crippen molar-refractivity contribution in [3.05, 3.63) is 78.0 Å². The van der Waals surface area contributed by atoms with Crippen molar-refractivity contribution < 1.29 is 9.21 Å².